The molecule has 0 atom stereocenters. The Morgan fingerprint density at radius 2 is 1.86 bits per heavy atom. The lowest BCUT2D eigenvalue weighted by molar-refractivity contribution is -0.0208. The Morgan fingerprint density at radius 1 is 1.14 bits per heavy atom. The standard InChI is InChI=1S/C11H22O3/c1-2-3-4-5-6-7-8-14-11(9-12)10-13/h2-3,11-13H,4-10H2,1H3/b3-2+. The van der Waals surface area contributed by atoms with Crippen molar-refractivity contribution in [1.82, 2.24) is 0 Å². The van der Waals surface area contributed by atoms with Crippen LogP contribution in [0.5, 0.6) is 0 Å². The summed E-state index contributed by atoms with van der Waals surface area (Å²) in [6, 6.07) is 0. The maximum absolute atomic E-state index is 8.70. The molecule has 0 aromatic rings. The van der Waals surface area contributed by atoms with Crippen LogP contribution in [0.2, 0.25) is 0 Å². The molecule has 3 nitrogen and oxygen atoms in total. The van der Waals surface area contributed by atoms with Gasteiger partial charge in [0.1, 0.15) is 6.10 Å². The highest BCUT2D eigenvalue weighted by atomic mass is 16.5. The third-order valence-electron chi connectivity index (χ3n) is 2.01. The largest absolute Gasteiger partial charge is 0.394 e. The quantitative estimate of drug-likeness (QED) is 0.440. The van der Waals surface area contributed by atoms with Gasteiger partial charge >= 0.3 is 0 Å². The van der Waals surface area contributed by atoms with E-state index < -0.39 is 6.10 Å². The zero-order valence-electron chi connectivity index (χ0n) is 8.98. The molecule has 0 bridgehead atoms. The molecule has 3 heteroatoms. The monoisotopic (exact) mass is 202 g/mol. The highest BCUT2D eigenvalue weighted by Gasteiger charge is 2.03. The summed E-state index contributed by atoms with van der Waals surface area (Å²) in [5.74, 6) is 0. The summed E-state index contributed by atoms with van der Waals surface area (Å²) in [6.45, 7) is 2.45. The molecule has 0 fully saturated rings. The Morgan fingerprint density at radius 3 is 2.43 bits per heavy atom. The van der Waals surface area contributed by atoms with Crippen molar-refractivity contribution in [3.05, 3.63) is 12.2 Å². The zero-order valence-corrected chi connectivity index (χ0v) is 8.98. The summed E-state index contributed by atoms with van der Waals surface area (Å²) >= 11 is 0. The second kappa shape index (κ2) is 10.7. The van der Waals surface area contributed by atoms with Gasteiger partial charge in [0.05, 0.1) is 13.2 Å². The molecule has 0 aliphatic heterocycles. The van der Waals surface area contributed by atoms with Crippen molar-refractivity contribution in [3.63, 3.8) is 0 Å². The second-order valence-corrected chi connectivity index (χ2v) is 3.28. The summed E-state index contributed by atoms with van der Waals surface area (Å²) in [7, 11) is 0. The van der Waals surface area contributed by atoms with Crippen molar-refractivity contribution < 1.29 is 14.9 Å². The van der Waals surface area contributed by atoms with Crippen LogP contribution in [0.4, 0.5) is 0 Å². The number of unbranched alkanes of at least 4 members (excludes halogenated alkanes) is 3. The minimum atomic E-state index is -0.398. The molecule has 0 rings (SSSR count). The van der Waals surface area contributed by atoms with Crippen LogP contribution in [0.15, 0.2) is 12.2 Å². The summed E-state index contributed by atoms with van der Waals surface area (Å²) in [5, 5.41) is 17.4. The predicted molar refractivity (Wildman–Crippen MR) is 57.2 cm³/mol. The number of allylic oxidation sites excluding steroid dienone is 2. The van der Waals surface area contributed by atoms with E-state index in [9.17, 15) is 0 Å². The molecule has 0 aliphatic rings. The fraction of sp³-hybridized carbons (Fsp3) is 0.818. The molecule has 14 heavy (non-hydrogen) atoms. The van der Waals surface area contributed by atoms with Gasteiger partial charge in [0, 0.05) is 6.61 Å². The highest BCUT2D eigenvalue weighted by Crippen LogP contribution is 2.02. The lowest BCUT2D eigenvalue weighted by Crippen LogP contribution is -2.22. The van der Waals surface area contributed by atoms with E-state index >= 15 is 0 Å². The van der Waals surface area contributed by atoms with E-state index in [2.05, 4.69) is 12.2 Å². The minimum absolute atomic E-state index is 0.102. The summed E-state index contributed by atoms with van der Waals surface area (Å²) in [6.07, 6.45) is 8.25. The van der Waals surface area contributed by atoms with Gasteiger partial charge in [-0.1, -0.05) is 18.6 Å². The average molecular weight is 202 g/mol. The molecular weight excluding hydrogens is 180 g/mol. The molecule has 0 aromatic carbocycles. The number of aliphatic hydroxyl groups excluding tert-OH is 2. The molecule has 0 heterocycles. The van der Waals surface area contributed by atoms with Crippen LogP contribution in [-0.4, -0.2) is 36.1 Å². The fourth-order valence-electron chi connectivity index (χ4n) is 1.12. The Labute approximate surface area is 86.4 Å². The Kier molecular flexibility index (Phi) is 10.4. The van der Waals surface area contributed by atoms with Gasteiger partial charge in [-0.05, 0) is 26.2 Å². The molecule has 0 saturated heterocycles. The van der Waals surface area contributed by atoms with E-state index in [1.54, 1.807) is 0 Å². The Hall–Kier alpha value is -0.380. The summed E-state index contributed by atoms with van der Waals surface area (Å²) in [4.78, 5) is 0. The van der Waals surface area contributed by atoms with Crippen LogP contribution >= 0.6 is 0 Å². The first-order valence-corrected chi connectivity index (χ1v) is 5.29. The van der Waals surface area contributed by atoms with Gasteiger partial charge in [-0.2, -0.15) is 0 Å². The number of aliphatic hydroxyl groups is 2. The van der Waals surface area contributed by atoms with Crippen molar-refractivity contribution in [1.29, 1.82) is 0 Å². The van der Waals surface area contributed by atoms with Gasteiger partial charge in [0.15, 0.2) is 0 Å². The number of rotatable bonds is 9. The fourth-order valence-corrected chi connectivity index (χ4v) is 1.12. The van der Waals surface area contributed by atoms with Gasteiger partial charge in [0.25, 0.3) is 0 Å². The van der Waals surface area contributed by atoms with Crippen LogP contribution in [0.1, 0.15) is 32.6 Å². The lowest BCUT2D eigenvalue weighted by Gasteiger charge is -2.11. The van der Waals surface area contributed by atoms with E-state index in [1.165, 1.54) is 6.42 Å². The van der Waals surface area contributed by atoms with Gasteiger partial charge in [-0.15, -0.1) is 0 Å². The van der Waals surface area contributed by atoms with Crippen molar-refractivity contribution in [2.24, 2.45) is 0 Å². The van der Waals surface area contributed by atoms with Gasteiger partial charge in [0.2, 0.25) is 0 Å². The van der Waals surface area contributed by atoms with Gasteiger partial charge in [-0.3, -0.25) is 0 Å². The van der Waals surface area contributed by atoms with Crippen LogP contribution in [0.25, 0.3) is 0 Å². The first kappa shape index (κ1) is 13.6. The molecule has 84 valence electrons. The molecule has 0 saturated carbocycles. The lowest BCUT2D eigenvalue weighted by atomic mass is 10.2. The van der Waals surface area contributed by atoms with E-state index in [4.69, 9.17) is 14.9 Å². The van der Waals surface area contributed by atoms with Crippen LogP contribution in [0, 0.1) is 0 Å². The minimum Gasteiger partial charge on any atom is -0.394 e. The van der Waals surface area contributed by atoms with Crippen molar-refractivity contribution in [2.45, 2.75) is 38.7 Å². The molecule has 0 unspecified atom stereocenters. The van der Waals surface area contributed by atoms with E-state index in [0.717, 1.165) is 19.3 Å². The summed E-state index contributed by atoms with van der Waals surface area (Å²) < 4.78 is 5.23. The number of ether oxygens (including phenoxy) is 1. The third-order valence-corrected chi connectivity index (χ3v) is 2.01. The van der Waals surface area contributed by atoms with Crippen LogP contribution in [-0.2, 0) is 4.74 Å². The molecule has 0 amide bonds. The molecule has 2 N–H and O–H groups in total. The van der Waals surface area contributed by atoms with Crippen molar-refractivity contribution >= 4 is 0 Å². The van der Waals surface area contributed by atoms with Crippen molar-refractivity contribution in [2.75, 3.05) is 19.8 Å². The van der Waals surface area contributed by atoms with Crippen LogP contribution < -0.4 is 0 Å². The molecule has 0 radical (unpaired) electrons. The van der Waals surface area contributed by atoms with Crippen molar-refractivity contribution in [3.8, 4) is 0 Å². The maximum Gasteiger partial charge on any atom is 0.104 e. The normalized spacial score (nSPS) is 11.7. The molecule has 0 aliphatic carbocycles. The van der Waals surface area contributed by atoms with Crippen LogP contribution in [0.3, 0.4) is 0 Å². The Balaban J connectivity index is 3.12. The Bertz CT molecular complexity index is 130. The first-order chi connectivity index (χ1) is 6.85. The highest BCUT2D eigenvalue weighted by molar-refractivity contribution is 4.76. The average Bonchev–Trinajstić information content (AvgIpc) is 2.22. The SMILES string of the molecule is C/C=C/CCCCCOC(CO)CO. The van der Waals surface area contributed by atoms with Gasteiger partial charge in [-0.25, -0.2) is 0 Å². The first-order valence-electron chi connectivity index (χ1n) is 5.29. The number of hydrogen-bond donors (Lipinski definition) is 2. The van der Waals surface area contributed by atoms with E-state index in [1.807, 2.05) is 6.92 Å². The molecular formula is C11H22O3. The second-order valence-electron chi connectivity index (χ2n) is 3.28. The third kappa shape index (κ3) is 8.23. The zero-order chi connectivity index (χ0) is 10.6. The molecule has 0 spiro atoms. The number of hydrogen-bond acceptors (Lipinski definition) is 3. The summed E-state index contributed by atoms with van der Waals surface area (Å²) in [5.41, 5.74) is 0. The van der Waals surface area contributed by atoms with E-state index in [-0.39, 0.29) is 13.2 Å². The maximum atomic E-state index is 8.70. The topological polar surface area (TPSA) is 49.7 Å². The smallest absolute Gasteiger partial charge is 0.104 e. The van der Waals surface area contributed by atoms with E-state index in [0.29, 0.717) is 6.61 Å². The molecule has 0 aromatic heterocycles. The van der Waals surface area contributed by atoms with Gasteiger partial charge < -0.3 is 14.9 Å². The predicted octanol–water partition coefficient (Wildman–Crippen LogP) is 1.49.